The zero-order valence-corrected chi connectivity index (χ0v) is 17.5. The van der Waals surface area contributed by atoms with Crippen molar-refractivity contribution in [3.8, 4) is 5.75 Å². The molecular weight excluding hydrogens is 443 g/mol. The van der Waals surface area contributed by atoms with Crippen LogP contribution in [-0.4, -0.2) is 29.1 Å². The van der Waals surface area contributed by atoms with Crippen LogP contribution in [-0.2, 0) is 0 Å². The summed E-state index contributed by atoms with van der Waals surface area (Å²) in [5, 5.41) is 16.5. The molecule has 0 aliphatic carbocycles. The maximum absolute atomic E-state index is 13.2. The summed E-state index contributed by atoms with van der Waals surface area (Å²) < 4.78 is 19.2. The molecule has 0 fully saturated rings. The number of thiophene rings is 1. The summed E-state index contributed by atoms with van der Waals surface area (Å²) >= 11 is 1.97. The molecule has 2 aromatic heterocycles. The van der Waals surface area contributed by atoms with E-state index < -0.39 is 16.6 Å². The smallest absolute Gasteiger partial charge is 0.324 e. The third kappa shape index (κ3) is 4.42. The molecule has 0 saturated heterocycles. The number of halogens is 1. The molecule has 156 valence electrons. The molecule has 2 heterocycles. The SMILES string of the molecule is COc1ccc2nc(N(/N=C/c3ccc(F)cc3)C(=O)c3ccc([N+](=O)[O-])s3)sc2c1. The van der Waals surface area contributed by atoms with Crippen LogP contribution in [0.15, 0.2) is 59.7 Å². The maximum Gasteiger partial charge on any atom is 0.324 e. The quantitative estimate of drug-likeness (QED) is 0.229. The zero-order chi connectivity index (χ0) is 22.0. The number of hydrogen-bond acceptors (Lipinski definition) is 8. The molecule has 0 bridgehead atoms. The molecule has 0 N–H and O–H groups in total. The lowest BCUT2D eigenvalue weighted by Crippen LogP contribution is -2.24. The first-order valence-electron chi connectivity index (χ1n) is 8.77. The first-order valence-corrected chi connectivity index (χ1v) is 10.4. The monoisotopic (exact) mass is 456 g/mol. The predicted molar refractivity (Wildman–Crippen MR) is 118 cm³/mol. The average molecular weight is 456 g/mol. The topological polar surface area (TPSA) is 97.9 Å². The van der Waals surface area contributed by atoms with Crippen molar-refractivity contribution in [2.45, 2.75) is 0 Å². The Morgan fingerprint density at radius 3 is 2.65 bits per heavy atom. The zero-order valence-electron chi connectivity index (χ0n) is 15.9. The van der Waals surface area contributed by atoms with Crippen LogP contribution in [0, 0.1) is 15.9 Å². The van der Waals surface area contributed by atoms with E-state index in [2.05, 4.69) is 10.1 Å². The summed E-state index contributed by atoms with van der Waals surface area (Å²) in [6.45, 7) is 0. The number of fused-ring (bicyclic) bond motifs is 1. The molecule has 0 spiro atoms. The van der Waals surface area contributed by atoms with E-state index in [0.29, 0.717) is 16.8 Å². The molecule has 11 heteroatoms. The molecule has 1 amide bonds. The second-order valence-electron chi connectivity index (χ2n) is 6.14. The van der Waals surface area contributed by atoms with E-state index in [-0.39, 0.29) is 15.0 Å². The average Bonchev–Trinajstić information content (AvgIpc) is 3.42. The highest BCUT2D eigenvalue weighted by Gasteiger charge is 2.24. The van der Waals surface area contributed by atoms with Gasteiger partial charge >= 0.3 is 5.00 Å². The van der Waals surface area contributed by atoms with Gasteiger partial charge in [-0.2, -0.15) is 10.1 Å². The number of nitrogens with zero attached hydrogens (tertiary/aromatic N) is 4. The van der Waals surface area contributed by atoms with Crippen LogP contribution >= 0.6 is 22.7 Å². The van der Waals surface area contributed by atoms with Gasteiger partial charge in [-0.15, -0.1) is 0 Å². The number of carbonyl (C=O) groups excluding carboxylic acids is 1. The molecule has 0 unspecified atom stereocenters. The van der Waals surface area contributed by atoms with E-state index in [0.717, 1.165) is 21.0 Å². The van der Waals surface area contributed by atoms with Crippen LogP contribution < -0.4 is 9.75 Å². The Kier molecular flexibility index (Phi) is 5.69. The molecule has 2 aromatic carbocycles. The van der Waals surface area contributed by atoms with Gasteiger partial charge in [0.1, 0.15) is 16.4 Å². The number of ether oxygens (including phenoxy) is 1. The van der Waals surface area contributed by atoms with Crippen molar-refractivity contribution in [1.82, 2.24) is 4.98 Å². The van der Waals surface area contributed by atoms with E-state index in [1.807, 2.05) is 0 Å². The summed E-state index contributed by atoms with van der Waals surface area (Å²) in [4.78, 5) is 28.2. The minimum atomic E-state index is -0.567. The second-order valence-corrected chi connectivity index (χ2v) is 8.21. The number of benzene rings is 2. The van der Waals surface area contributed by atoms with Gasteiger partial charge in [0.05, 0.1) is 28.5 Å². The third-order valence-electron chi connectivity index (χ3n) is 4.13. The summed E-state index contributed by atoms with van der Waals surface area (Å²) in [7, 11) is 1.55. The number of anilines is 1. The van der Waals surface area contributed by atoms with Crippen molar-refractivity contribution in [3.05, 3.63) is 81.0 Å². The number of nitro groups is 1. The predicted octanol–water partition coefficient (Wildman–Crippen LogP) is 5.09. The van der Waals surface area contributed by atoms with E-state index >= 15 is 0 Å². The van der Waals surface area contributed by atoms with Crippen LogP contribution in [0.25, 0.3) is 10.2 Å². The van der Waals surface area contributed by atoms with Crippen LogP contribution in [0.5, 0.6) is 5.75 Å². The second kappa shape index (κ2) is 8.58. The highest BCUT2D eigenvalue weighted by molar-refractivity contribution is 7.22. The number of hydrazone groups is 1. The van der Waals surface area contributed by atoms with Gasteiger partial charge in [-0.3, -0.25) is 14.9 Å². The molecular formula is C20H13FN4O4S2. The molecule has 4 aromatic rings. The minimum Gasteiger partial charge on any atom is -0.497 e. The lowest BCUT2D eigenvalue weighted by Gasteiger charge is -2.12. The molecule has 31 heavy (non-hydrogen) atoms. The molecule has 0 aliphatic rings. The Balaban J connectivity index is 1.75. The molecule has 0 aliphatic heterocycles. The number of amides is 1. The third-order valence-corrected chi connectivity index (χ3v) is 6.15. The summed E-state index contributed by atoms with van der Waals surface area (Å²) in [6, 6.07) is 13.5. The maximum atomic E-state index is 13.2. The minimum absolute atomic E-state index is 0.139. The largest absolute Gasteiger partial charge is 0.497 e. The van der Waals surface area contributed by atoms with E-state index in [4.69, 9.17) is 4.74 Å². The Hall–Kier alpha value is -3.70. The van der Waals surface area contributed by atoms with Gasteiger partial charge in [0.25, 0.3) is 5.91 Å². The Morgan fingerprint density at radius 2 is 1.97 bits per heavy atom. The molecule has 0 saturated carbocycles. The van der Waals surface area contributed by atoms with Crippen molar-refractivity contribution in [3.63, 3.8) is 0 Å². The Morgan fingerprint density at radius 1 is 1.19 bits per heavy atom. The highest BCUT2D eigenvalue weighted by atomic mass is 32.1. The van der Waals surface area contributed by atoms with Gasteiger partial charge in [-0.1, -0.05) is 34.8 Å². The summed E-state index contributed by atoms with van der Waals surface area (Å²) in [6.07, 6.45) is 1.39. The van der Waals surface area contributed by atoms with E-state index in [1.165, 1.54) is 53.9 Å². The van der Waals surface area contributed by atoms with Crippen molar-refractivity contribution >= 4 is 55.1 Å². The fourth-order valence-electron chi connectivity index (χ4n) is 2.62. The summed E-state index contributed by atoms with van der Waals surface area (Å²) in [5.41, 5.74) is 1.21. The number of thiazole rings is 1. The number of hydrogen-bond donors (Lipinski definition) is 0. The Labute approximate surface area is 183 Å². The fourth-order valence-corrected chi connectivity index (χ4v) is 4.31. The van der Waals surface area contributed by atoms with Gasteiger partial charge in [0.2, 0.25) is 5.13 Å². The van der Waals surface area contributed by atoms with Crippen molar-refractivity contribution in [2.75, 3.05) is 12.1 Å². The van der Waals surface area contributed by atoms with Gasteiger partial charge in [0, 0.05) is 6.07 Å². The van der Waals surface area contributed by atoms with Crippen LogP contribution in [0.3, 0.4) is 0 Å². The van der Waals surface area contributed by atoms with E-state index in [1.54, 1.807) is 25.3 Å². The molecule has 0 radical (unpaired) electrons. The van der Waals surface area contributed by atoms with Gasteiger partial charge in [0.15, 0.2) is 0 Å². The number of aromatic nitrogens is 1. The number of rotatable bonds is 6. The first kappa shape index (κ1) is 20.6. The van der Waals surface area contributed by atoms with Crippen molar-refractivity contribution in [2.24, 2.45) is 5.10 Å². The summed E-state index contributed by atoms with van der Waals surface area (Å²) in [5.74, 6) is -0.317. The van der Waals surface area contributed by atoms with Crippen molar-refractivity contribution in [1.29, 1.82) is 0 Å². The number of carbonyl (C=O) groups is 1. The van der Waals surface area contributed by atoms with Gasteiger partial charge in [-0.05, 0) is 42.0 Å². The standard InChI is InChI=1S/C20H13FN4O4S2/c1-29-14-6-7-15-17(10-14)31-20(23-15)24(22-11-12-2-4-13(21)5-3-12)19(26)16-8-9-18(30-16)25(27)28/h2-11H,1H3/b22-11+. The first-order chi connectivity index (χ1) is 14.9. The Bertz CT molecular complexity index is 1300. The normalized spacial score (nSPS) is 11.2. The van der Waals surface area contributed by atoms with E-state index in [9.17, 15) is 19.3 Å². The molecule has 0 atom stereocenters. The highest BCUT2D eigenvalue weighted by Crippen LogP contribution is 2.33. The lowest BCUT2D eigenvalue weighted by atomic mass is 10.2. The lowest BCUT2D eigenvalue weighted by molar-refractivity contribution is -0.380. The molecule has 4 rings (SSSR count). The van der Waals surface area contributed by atoms with Gasteiger partial charge < -0.3 is 4.74 Å². The van der Waals surface area contributed by atoms with Gasteiger partial charge in [-0.25, -0.2) is 9.37 Å². The van der Waals surface area contributed by atoms with Crippen LogP contribution in [0.4, 0.5) is 14.5 Å². The fraction of sp³-hybridized carbons (Fsp3) is 0.0500. The number of methoxy groups -OCH3 is 1. The van der Waals surface area contributed by atoms with Crippen molar-refractivity contribution < 1.29 is 18.8 Å². The molecule has 8 nitrogen and oxygen atoms in total. The van der Waals surface area contributed by atoms with Crippen LogP contribution in [0.1, 0.15) is 15.2 Å². The van der Waals surface area contributed by atoms with Crippen LogP contribution in [0.2, 0.25) is 0 Å².